The van der Waals surface area contributed by atoms with Crippen molar-refractivity contribution in [3.05, 3.63) is 29.8 Å². The monoisotopic (exact) mass is 372 g/mol. The zero-order valence-electron chi connectivity index (χ0n) is 14.9. The normalized spacial score (nSPS) is 24.6. The van der Waals surface area contributed by atoms with E-state index in [2.05, 4.69) is 23.7 Å². The third-order valence-electron chi connectivity index (χ3n) is 5.04. The quantitative estimate of drug-likeness (QED) is 0.769. The van der Waals surface area contributed by atoms with Crippen LogP contribution in [0, 0.1) is 5.41 Å². The third-order valence-corrected chi connectivity index (χ3v) is 5.65. The minimum atomic E-state index is -0.885. The van der Waals surface area contributed by atoms with Gasteiger partial charge in [0.2, 0.25) is 5.91 Å². The van der Waals surface area contributed by atoms with Gasteiger partial charge < -0.3 is 15.8 Å². The van der Waals surface area contributed by atoms with Crippen molar-refractivity contribution in [3.8, 4) is 0 Å². The second-order valence-corrected chi connectivity index (χ2v) is 7.72. The SMILES string of the molecule is CCOC1CC(N)(C(=O)Nc2ccc(CCSC)cc2)C1(C)C.Cl. The molecule has 0 heterocycles. The highest BCUT2D eigenvalue weighted by molar-refractivity contribution is 7.98. The van der Waals surface area contributed by atoms with Crippen LogP contribution in [-0.2, 0) is 16.0 Å². The number of anilines is 1. The average molecular weight is 373 g/mol. The molecule has 1 aliphatic carbocycles. The Balaban J connectivity index is 0.00000288. The van der Waals surface area contributed by atoms with Gasteiger partial charge in [0.05, 0.1) is 6.10 Å². The molecule has 1 aromatic rings. The van der Waals surface area contributed by atoms with Crippen LogP contribution in [0.3, 0.4) is 0 Å². The van der Waals surface area contributed by atoms with E-state index in [9.17, 15) is 4.79 Å². The first-order valence-electron chi connectivity index (χ1n) is 8.15. The number of nitrogens with one attached hydrogen (secondary N) is 1. The number of hydrogen-bond donors (Lipinski definition) is 2. The fourth-order valence-corrected chi connectivity index (χ4v) is 3.48. The van der Waals surface area contributed by atoms with Gasteiger partial charge in [-0.15, -0.1) is 12.4 Å². The predicted octanol–water partition coefficient (Wildman–Crippen LogP) is 3.48. The Bertz CT molecular complexity index is 550. The number of amides is 1. The van der Waals surface area contributed by atoms with Crippen molar-refractivity contribution in [3.63, 3.8) is 0 Å². The van der Waals surface area contributed by atoms with E-state index in [1.807, 2.05) is 44.7 Å². The molecule has 0 radical (unpaired) electrons. The fourth-order valence-electron chi connectivity index (χ4n) is 3.04. The van der Waals surface area contributed by atoms with Crippen LogP contribution in [0.2, 0.25) is 0 Å². The second-order valence-electron chi connectivity index (χ2n) is 6.73. The predicted molar refractivity (Wildman–Crippen MR) is 105 cm³/mol. The van der Waals surface area contributed by atoms with Crippen molar-refractivity contribution in [1.29, 1.82) is 0 Å². The highest BCUT2D eigenvalue weighted by atomic mass is 35.5. The maximum Gasteiger partial charge on any atom is 0.245 e. The van der Waals surface area contributed by atoms with Gasteiger partial charge in [-0.2, -0.15) is 11.8 Å². The summed E-state index contributed by atoms with van der Waals surface area (Å²) in [6, 6.07) is 8.01. The van der Waals surface area contributed by atoms with Gasteiger partial charge in [0.25, 0.3) is 0 Å². The van der Waals surface area contributed by atoms with E-state index in [4.69, 9.17) is 10.5 Å². The van der Waals surface area contributed by atoms with Crippen LogP contribution < -0.4 is 11.1 Å². The molecule has 136 valence electrons. The number of aryl methyl sites for hydroxylation is 1. The molecule has 0 aromatic heterocycles. The smallest absolute Gasteiger partial charge is 0.245 e. The van der Waals surface area contributed by atoms with Crippen LogP contribution in [-0.4, -0.2) is 36.2 Å². The van der Waals surface area contributed by atoms with Gasteiger partial charge in [0, 0.05) is 24.1 Å². The van der Waals surface area contributed by atoms with Crippen molar-refractivity contribution in [1.82, 2.24) is 0 Å². The van der Waals surface area contributed by atoms with E-state index in [0.717, 1.165) is 17.9 Å². The molecule has 0 spiro atoms. The molecule has 0 bridgehead atoms. The Morgan fingerprint density at radius 3 is 2.50 bits per heavy atom. The third kappa shape index (κ3) is 4.07. The molecule has 24 heavy (non-hydrogen) atoms. The largest absolute Gasteiger partial charge is 0.378 e. The van der Waals surface area contributed by atoms with Crippen LogP contribution in [0.1, 0.15) is 32.8 Å². The molecule has 0 aliphatic heterocycles. The molecule has 2 atom stereocenters. The van der Waals surface area contributed by atoms with Crippen LogP contribution in [0.15, 0.2) is 24.3 Å². The highest BCUT2D eigenvalue weighted by Crippen LogP contribution is 2.50. The molecule has 4 nitrogen and oxygen atoms in total. The molecule has 2 rings (SSSR count). The number of ether oxygens (including phenoxy) is 1. The molecule has 3 N–H and O–H groups in total. The standard InChI is InChI=1S/C18H28N2O2S.ClH/c1-5-22-15-12-18(19,17(15,2)3)16(21)20-14-8-6-13(7-9-14)10-11-23-4;/h6-9,15H,5,10-12,19H2,1-4H3,(H,20,21);1H. The Labute approximate surface area is 155 Å². The summed E-state index contributed by atoms with van der Waals surface area (Å²) in [5.41, 5.74) is 7.21. The zero-order valence-corrected chi connectivity index (χ0v) is 16.6. The summed E-state index contributed by atoms with van der Waals surface area (Å²) in [5.74, 6) is 0.972. The summed E-state index contributed by atoms with van der Waals surface area (Å²) < 4.78 is 5.68. The van der Waals surface area contributed by atoms with E-state index < -0.39 is 5.54 Å². The van der Waals surface area contributed by atoms with Gasteiger partial charge in [0.15, 0.2) is 0 Å². The fraction of sp³-hybridized carbons (Fsp3) is 0.611. The second kappa shape index (κ2) is 8.56. The lowest BCUT2D eigenvalue weighted by molar-refractivity contribution is -0.166. The molecule has 1 saturated carbocycles. The first-order valence-corrected chi connectivity index (χ1v) is 9.54. The van der Waals surface area contributed by atoms with E-state index in [0.29, 0.717) is 13.0 Å². The van der Waals surface area contributed by atoms with E-state index in [1.165, 1.54) is 5.56 Å². The molecule has 1 aromatic carbocycles. The van der Waals surface area contributed by atoms with Gasteiger partial charge in [-0.25, -0.2) is 0 Å². The Kier molecular flexibility index (Phi) is 7.60. The van der Waals surface area contributed by atoms with Gasteiger partial charge in [-0.1, -0.05) is 26.0 Å². The Morgan fingerprint density at radius 2 is 2.00 bits per heavy atom. The van der Waals surface area contributed by atoms with E-state index in [-0.39, 0.29) is 29.8 Å². The first kappa shape index (κ1) is 21.3. The minimum Gasteiger partial charge on any atom is -0.378 e. The molecule has 2 unspecified atom stereocenters. The van der Waals surface area contributed by atoms with Crippen molar-refractivity contribution in [2.45, 2.75) is 45.3 Å². The van der Waals surface area contributed by atoms with Gasteiger partial charge in [-0.3, -0.25) is 4.79 Å². The lowest BCUT2D eigenvalue weighted by Crippen LogP contribution is -2.74. The minimum absolute atomic E-state index is 0. The molecular formula is C18H29ClN2O2S. The summed E-state index contributed by atoms with van der Waals surface area (Å²) >= 11 is 1.83. The van der Waals surface area contributed by atoms with Crippen molar-refractivity contribution < 1.29 is 9.53 Å². The number of carbonyl (C=O) groups is 1. The van der Waals surface area contributed by atoms with Gasteiger partial charge in [-0.05, 0) is 43.0 Å². The summed E-state index contributed by atoms with van der Waals surface area (Å²) in [5, 5.41) is 2.96. The summed E-state index contributed by atoms with van der Waals surface area (Å²) in [7, 11) is 0. The number of carbonyl (C=O) groups excluding carboxylic acids is 1. The number of benzene rings is 1. The molecule has 0 saturated heterocycles. The lowest BCUT2D eigenvalue weighted by Gasteiger charge is -2.57. The summed E-state index contributed by atoms with van der Waals surface area (Å²) in [4.78, 5) is 12.6. The maximum atomic E-state index is 12.6. The first-order chi connectivity index (χ1) is 10.8. The van der Waals surface area contributed by atoms with E-state index >= 15 is 0 Å². The van der Waals surface area contributed by atoms with Crippen molar-refractivity contribution >= 4 is 35.8 Å². The van der Waals surface area contributed by atoms with E-state index in [1.54, 1.807) is 0 Å². The van der Waals surface area contributed by atoms with Crippen LogP contribution in [0.4, 0.5) is 5.69 Å². The summed E-state index contributed by atoms with van der Waals surface area (Å²) in [6.07, 6.45) is 3.74. The molecule has 1 fully saturated rings. The molecule has 1 aliphatic rings. The maximum absolute atomic E-state index is 12.6. The lowest BCUT2D eigenvalue weighted by atomic mass is 9.54. The number of thioether (sulfide) groups is 1. The number of rotatable bonds is 7. The zero-order chi connectivity index (χ0) is 17.1. The summed E-state index contributed by atoms with van der Waals surface area (Å²) in [6.45, 7) is 6.61. The van der Waals surface area contributed by atoms with Gasteiger partial charge >= 0.3 is 0 Å². The van der Waals surface area contributed by atoms with Crippen LogP contribution in [0.25, 0.3) is 0 Å². The Hall–Kier alpha value is -0.750. The number of halogens is 1. The van der Waals surface area contributed by atoms with Gasteiger partial charge in [0.1, 0.15) is 5.54 Å². The van der Waals surface area contributed by atoms with Crippen LogP contribution >= 0.6 is 24.2 Å². The molecular weight excluding hydrogens is 344 g/mol. The Morgan fingerprint density at radius 1 is 1.38 bits per heavy atom. The average Bonchev–Trinajstić information content (AvgIpc) is 2.53. The van der Waals surface area contributed by atoms with Crippen molar-refractivity contribution in [2.24, 2.45) is 11.1 Å². The highest BCUT2D eigenvalue weighted by Gasteiger charge is 2.62. The molecule has 1 amide bonds. The topological polar surface area (TPSA) is 64.3 Å². The number of nitrogens with two attached hydrogens (primary N) is 1. The molecule has 6 heteroatoms. The number of hydrogen-bond acceptors (Lipinski definition) is 4. The van der Waals surface area contributed by atoms with Crippen molar-refractivity contribution in [2.75, 3.05) is 23.9 Å². The van der Waals surface area contributed by atoms with Crippen LogP contribution in [0.5, 0.6) is 0 Å².